The molecule has 1 aromatic carbocycles. The molecule has 25 heavy (non-hydrogen) atoms. The normalized spacial score (nSPS) is 11.8. The number of aryl methyl sites for hydroxylation is 1. The zero-order valence-corrected chi connectivity index (χ0v) is 16.5. The number of rotatable bonds is 7. The summed E-state index contributed by atoms with van der Waals surface area (Å²) in [5.74, 6) is -0.312. The van der Waals surface area contributed by atoms with Gasteiger partial charge < -0.3 is 10.5 Å². The molecule has 10 heteroatoms. The predicted molar refractivity (Wildman–Crippen MR) is 102 cm³/mol. The molecule has 0 saturated heterocycles. The van der Waals surface area contributed by atoms with E-state index in [9.17, 15) is 9.59 Å². The van der Waals surface area contributed by atoms with Gasteiger partial charge in [-0.15, -0.1) is 11.8 Å². The van der Waals surface area contributed by atoms with Gasteiger partial charge in [0.05, 0.1) is 20.7 Å². The summed E-state index contributed by atoms with van der Waals surface area (Å²) in [6.45, 7) is 3.39. The molecule has 1 heterocycles. The van der Waals surface area contributed by atoms with Crippen LogP contribution in [0.25, 0.3) is 0 Å². The van der Waals surface area contributed by atoms with Crippen LogP contribution < -0.4 is 15.8 Å². The van der Waals surface area contributed by atoms with E-state index in [1.807, 2.05) is 0 Å². The van der Waals surface area contributed by atoms with Crippen molar-refractivity contribution in [3.8, 4) is 5.75 Å². The lowest BCUT2D eigenvalue weighted by molar-refractivity contribution is -0.122. The first-order valence-electron chi connectivity index (χ1n) is 7.08. The largest absolute Gasteiger partial charge is 0.479 e. The lowest BCUT2D eigenvalue weighted by Crippen LogP contribution is -2.30. The van der Waals surface area contributed by atoms with Crippen molar-refractivity contribution in [2.75, 3.05) is 11.1 Å². The Kier molecular flexibility index (Phi) is 6.95. The minimum absolute atomic E-state index is 0.156. The maximum absolute atomic E-state index is 12.3. The quantitative estimate of drug-likeness (QED) is 0.666. The SMILES string of the molecule is Cc1nc(NC(=O)C(C)Oc2cccc(Cl)c2Cl)sc1SCC(N)=O. The molecule has 1 unspecified atom stereocenters. The number of thiazole rings is 1. The summed E-state index contributed by atoms with van der Waals surface area (Å²) < 4.78 is 6.38. The molecule has 0 aliphatic heterocycles. The molecule has 0 radical (unpaired) electrons. The zero-order chi connectivity index (χ0) is 18.6. The van der Waals surface area contributed by atoms with E-state index < -0.39 is 12.0 Å². The molecule has 2 aromatic rings. The summed E-state index contributed by atoms with van der Waals surface area (Å²) in [4.78, 5) is 27.4. The summed E-state index contributed by atoms with van der Waals surface area (Å²) in [6, 6.07) is 4.94. The van der Waals surface area contributed by atoms with Gasteiger partial charge in [0.1, 0.15) is 10.8 Å². The highest BCUT2D eigenvalue weighted by molar-refractivity contribution is 8.01. The lowest BCUT2D eigenvalue weighted by Gasteiger charge is -2.15. The van der Waals surface area contributed by atoms with Gasteiger partial charge in [-0.1, -0.05) is 40.6 Å². The van der Waals surface area contributed by atoms with Gasteiger partial charge >= 0.3 is 0 Å². The van der Waals surface area contributed by atoms with Crippen molar-refractivity contribution < 1.29 is 14.3 Å². The molecule has 0 spiro atoms. The van der Waals surface area contributed by atoms with Crippen molar-refractivity contribution in [2.45, 2.75) is 24.2 Å². The second-order valence-corrected chi connectivity index (χ2v) is 7.98. The Balaban J connectivity index is 2.00. The van der Waals surface area contributed by atoms with E-state index >= 15 is 0 Å². The summed E-state index contributed by atoms with van der Waals surface area (Å²) >= 11 is 14.5. The van der Waals surface area contributed by atoms with E-state index in [-0.39, 0.29) is 16.7 Å². The third-order valence-electron chi connectivity index (χ3n) is 2.92. The molecule has 0 bridgehead atoms. The van der Waals surface area contributed by atoms with Crippen LogP contribution in [0.2, 0.25) is 10.0 Å². The summed E-state index contributed by atoms with van der Waals surface area (Å²) in [5, 5.41) is 3.70. The molecule has 2 amide bonds. The highest BCUT2D eigenvalue weighted by Crippen LogP contribution is 2.33. The first-order valence-corrected chi connectivity index (χ1v) is 9.63. The molecule has 1 aromatic heterocycles. The van der Waals surface area contributed by atoms with Crippen LogP contribution in [0, 0.1) is 6.92 Å². The standard InChI is InChI=1S/C15H15Cl2N3O3S2/c1-7-14(24-6-11(18)21)25-15(19-7)20-13(22)8(2)23-10-5-3-4-9(16)12(10)17/h3-5,8H,6H2,1-2H3,(H2,18,21)(H,19,20,22). The first kappa shape index (κ1) is 19.8. The van der Waals surface area contributed by atoms with Crippen LogP contribution >= 0.6 is 46.3 Å². The molecular weight excluding hydrogens is 405 g/mol. The number of carbonyl (C=O) groups excluding carboxylic acids is 2. The molecule has 0 fully saturated rings. The number of hydrogen-bond acceptors (Lipinski definition) is 6. The van der Waals surface area contributed by atoms with E-state index in [1.165, 1.54) is 23.1 Å². The minimum Gasteiger partial charge on any atom is -0.479 e. The average Bonchev–Trinajstić information content (AvgIpc) is 2.89. The number of ether oxygens (including phenoxy) is 1. The van der Waals surface area contributed by atoms with Gasteiger partial charge in [0, 0.05) is 0 Å². The fraction of sp³-hybridized carbons (Fsp3) is 0.267. The van der Waals surface area contributed by atoms with Crippen LogP contribution in [0.15, 0.2) is 22.4 Å². The number of nitrogens with zero attached hydrogens (tertiary/aromatic N) is 1. The number of hydrogen-bond donors (Lipinski definition) is 2. The van der Waals surface area contributed by atoms with Gasteiger partial charge in [-0.05, 0) is 26.0 Å². The number of halogens is 2. The topological polar surface area (TPSA) is 94.3 Å². The first-order chi connectivity index (χ1) is 11.8. The lowest BCUT2D eigenvalue weighted by atomic mass is 10.3. The second-order valence-electron chi connectivity index (χ2n) is 4.95. The summed E-state index contributed by atoms with van der Waals surface area (Å²) in [7, 11) is 0. The zero-order valence-electron chi connectivity index (χ0n) is 13.3. The van der Waals surface area contributed by atoms with Crippen LogP contribution in [0.1, 0.15) is 12.6 Å². The van der Waals surface area contributed by atoms with Gasteiger partial charge in [-0.3, -0.25) is 14.9 Å². The minimum atomic E-state index is -0.804. The van der Waals surface area contributed by atoms with Crippen LogP contribution in [0.4, 0.5) is 5.13 Å². The molecule has 2 rings (SSSR count). The van der Waals surface area contributed by atoms with E-state index in [1.54, 1.807) is 32.0 Å². The molecule has 6 nitrogen and oxygen atoms in total. The smallest absolute Gasteiger partial charge is 0.266 e. The molecule has 134 valence electrons. The van der Waals surface area contributed by atoms with Crippen LogP contribution in [-0.2, 0) is 9.59 Å². The maximum Gasteiger partial charge on any atom is 0.266 e. The van der Waals surface area contributed by atoms with Crippen molar-refractivity contribution in [1.29, 1.82) is 0 Å². The number of thioether (sulfide) groups is 1. The van der Waals surface area contributed by atoms with Gasteiger partial charge in [0.25, 0.3) is 5.91 Å². The van der Waals surface area contributed by atoms with Crippen LogP contribution in [0.5, 0.6) is 5.75 Å². The number of amides is 2. The number of carbonyl (C=O) groups is 2. The fourth-order valence-electron chi connectivity index (χ4n) is 1.73. The fourth-order valence-corrected chi connectivity index (χ4v) is 3.95. The van der Waals surface area contributed by atoms with Crippen LogP contribution in [-0.4, -0.2) is 28.7 Å². The van der Waals surface area contributed by atoms with Crippen molar-refractivity contribution in [1.82, 2.24) is 4.98 Å². The van der Waals surface area contributed by atoms with Gasteiger partial charge in [-0.25, -0.2) is 4.98 Å². The van der Waals surface area contributed by atoms with E-state index in [2.05, 4.69) is 10.3 Å². The average molecular weight is 420 g/mol. The number of primary amides is 1. The maximum atomic E-state index is 12.3. The number of anilines is 1. The van der Waals surface area contributed by atoms with Crippen molar-refractivity contribution in [2.24, 2.45) is 5.73 Å². The van der Waals surface area contributed by atoms with Gasteiger partial charge in [0.15, 0.2) is 11.2 Å². The summed E-state index contributed by atoms with van der Waals surface area (Å²) in [6.07, 6.45) is -0.804. The highest BCUT2D eigenvalue weighted by Gasteiger charge is 2.19. The van der Waals surface area contributed by atoms with Crippen LogP contribution in [0.3, 0.4) is 0 Å². The monoisotopic (exact) mass is 419 g/mol. The Hall–Kier alpha value is -1.48. The van der Waals surface area contributed by atoms with E-state index in [0.29, 0.717) is 15.9 Å². The third kappa shape index (κ3) is 5.50. The number of benzene rings is 1. The van der Waals surface area contributed by atoms with Crippen molar-refractivity contribution in [3.63, 3.8) is 0 Å². The third-order valence-corrected chi connectivity index (χ3v) is 6.18. The van der Waals surface area contributed by atoms with Gasteiger partial charge in [0.2, 0.25) is 5.91 Å². The molecular formula is C15H15Cl2N3O3S2. The molecule has 0 aliphatic rings. The Morgan fingerprint density at radius 3 is 2.84 bits per heavy atom. The van der Waals surface area contributed by atoms with E-state index in [0.717, 1.165) is 9.90 Å². The Bertz CT molecular complexity index is 798. The predicted octanol–water partition coefficient (Wildman–Crippen LogP) is 3.74. The highest BCUT2D eigenvalue weighted by atomic mass is 35.5. The summed E-state index contributed by atoms with van der Waals surface area (Å²) in [5.41, 5.74) is 5.85. The Labute approximate surface area is 163 Å². The number of nitrogens with two attached hydrogens (primary N) is 1. The van der Waals surface area contributed by atoms with Gasteiger partial charge in [-0.2, -0.15) is 0 Å². The Morgan fingerprint density at radius 1 is 1.44 bits per heavy atom. The van der Waals surface area contributed by atoms with Crippen molar-refractivity contribution >= 4 is 63.2 Å². The van der Waals surface area contributed by atoms with Crippen molar-refractivity contribution in [3.05, 3.63) is 33.9 Å². The second kappa shape index (κ2) is 8.75. The number of aromatic nitrogens is 1. The van der Waals surface area contributed by atoms with E-state index in [4.69, 9.17) is 33.7 Å². The molecule has 0 saturated carbocycles. The number of nitrogens with one attached hydrogen (secondary N) is 1. The Morgan fingerprint density at radius 2 is 2.16 bits per heavy atom. The molecule has 3 N–H and O–H groups in total. The molecule has 0 aliphatic carbocycles. The molecule has 1 atom stereocenters.